The molecule has 0 aromatic heterocycles. The van der Waals surface area contributed by atoms with Crippen molar-refractivity contribution in [1.82, 2.24) is 0 Å². The van der Waals surface area contributed by atoms with E-state index in [-0.39, 0.29) is 32.0 Å². The van der Waals surface area contributed by atoms with Crippen LogP contribution in [0.25, 0.3) is 0 Å². The Morgan fingerprint density at radius 3 is 1.29 bits per heavy atom. The fourth-order valence-electron chi connectivity index (χ4n) is 6.76. The minimum Gasteiger partial charge on any atom is -0.462 e. The summed E-state index contributed by atoms with van der Waals surface area (Å²) in [5.74, 6) is -0.821. The first-order chi connectivity index (χ1) is 30.5. The number of hydrogen-bond acceptors (Lipinski definition) is 7. The molecule has 366 valence electrons. The molecule has 0 aliphatic carbocycles. The molecule has 0 aliphatic rings. The van der Waals surface area contributed by atoms with E-state index in [0.717, 1.165) is 89.9 Å². The van der Waals surface area contributed by atoms with Crippen LogP contribution in [0.1, 0.15) is 213 Å². The first-order valence-corrected chi connectivity index (χ1v) is 27.0. The molecular formula is C53H97NO8P+. The summed E-state index contributed by atoms with van der Waals surface area (Å²) in [6.45, 7) is 4.38. The monoisotopic (exact) mass is 907 g/mol. The van der Waals surface area contributed by atoms with Gasteiger partial charge in [0.25, 0.3) is 0 Å². The highest BCUT2D eigenvalue weighted by atomic mass is 31.2. The van der Waals surface area contributed by atoms with Gasteiger partial charge in [-0.2, -0.15) is 0 Å². The van der Waals surface area contributed by atoms with Gasteiger partial charge in [0.1, 0.15) is 19.8 Å². The summed E-state index contributed by atoms with van der Waals surface area (Å²) in [4.78, 5) is 35.5. The quantitative estimate of drug-likeness (QED) is 0.0212. The van der Waals surface area contributed by atoms with Gasteiger partial charge in [0, 0.05) is 12.8 Å². The van der Waals surface area contributed by atoms with E-state index in [1.165, 1.54) is 89.9 Å². The number of rotatable bonds is 46. The maximum Gasteiger partial charge on any atom is 0.472 e. The summed E-state index contributed by atoms with van der Waals surface area (Å²) in [7, 11) is 1.46. The molecule has 0 aromatic rings. The van der Waals surface area contributed by atoms with Crippen molar-refractivity contribution in [3.05, 3.63) is 60.8 Å². The minimum absolute atomic E-state index is 0.0252. The lowest BCUT2D eigenvalue weighted by Gasteiger charge is -2.24. The van der Waals surface area contributed by atoms with Crippen molar-refractivity contribution in [1.29, 1.82) is 0 Å². The third kappa shape index (κ3) is 49.0. The molecule has 0 fully saturated rings. The highest BCUT2D eigenvalue weighted by Gasteiger charge is 2.27. The summed E-state index contributed by atoms with van der Waals surface area (Å²) in [6, 6.07) is 0. The van der Waals surface area contributed by atoms with Gasteiger partial charge in [-0.1, -0.05) is 177 Å². The predicted molar refractivity (Wildman–Crippen MR) is 266 cm³/mol. The van der Waals surface area contributed by atoms with Gasteiger partial charge in [-0.25, -0.2) is 4.57 Å². The number of ether oxygens (including phenoxy) is 2. The summed E-state index contributed by atoms with van der Waals surface area (Å²) in [5.41, 5.74) is 0. The predicted octanol–water partition coefficient (Wildman–Crippen LogP) is 15.2. The van der Waals surface area contributed by atoms with Crippen LogP contribution in [0.15, 0.2) is 60.8 Å². The maximum atomic E-state index is 12.8. The molecule has 2 atom stereocenters. The molecule has 0 heterocycles. The molecule has 0 amide bonds. The van der Waals surface area contributed by atoms with Gasteiger partial charge >= 0.3 is 19.8 Å². The van der Waals surface area contributed by atoms with Crippen LogP contribution in [-0.4, -0.2) is 74.9 Å². The average Bonchev–Trinajstić information content (AvgIpc) is 3.24. The largest absolute Gasteiger partial charge is 0.472 e. The van der Waals surface area contributed by atoms with Gasteiger partial charge < -0.3 is 18.9 Å². The van der Waals surface area contributed by atoms with Gasteiger partial charge in [-0.05, 0) is 83.5 Å². The smallest absolute Gasteiger partial charge is 0.462 e. The molecule has 2 unspecified atom stereocenters. The molecule has 0 spiro atoms. The van der Waals surface area contributed by atoms with E-state index in [2.05, 4.69) is 74.6 Å². The lowest BCUT2D eigenvalue weighted by molar-refractivity contribution is -0.870. The lowest BCUT2D eigenvalue weighted by atomic mass is 10.1. The first kappa shape index (κ1) is 60.7. The van der Waals surface area contributed by atoms with Crippen LogP contribution in [-0.2, 0) is 32.7 Å². The van der Waals surface area contributed by atoms with E-state index in [4.69, 9.17) is 18.5 Å². The number of phosphoric ester groups is 1. The number of phosphoric acid groups is 1. The van der Waals surface area contributed by atoms with Crippen LogP contribution in [0.4, 0.5) is 0 Å². The molecule has 0 saturated carbocycles. The van der Waals surface area contributed by atoms with E-state index in [1.807, 2.05) is 21.1 Å². The molecule has 0 radical (unpaired) electrons. The van der Waals surface area contributed by atoms with E-state index in [1.54, 1.807) is 0 Å². The molecule has 10 heteroatoms. The second-order valence-corrected chi connectivity index (χ2v) is 19.6. The van der Waals surface area contributed by atoms with Crippen LogP contribution >= 0.6 is 7.82 Å². The molecule has 63 heavy (non-hydrogen) atoms. The van der Waals surface area contributed by atoms with Gasteiger partial charge in [-0.15, -0.1) is 0 Å². The third-order valence-electron chi connectivity index (χ3n) is 10.8. The number of allylic oxidation sites excluding steroid dienone is 10. The highest BCUT2D eigenvalue weighted by molar-refractivity contribution is 7.47. The number of quaternary nitrogens is 1. The molecule has 0 rings (SSSR count). The van der Waals surface area contributed by atoms with Crippen LogP contribution in [0.5, 0.6) is 0 Å². The minimum atomic E-state index is -4.39. The van der Waals surface area contributed by atoms with Gasteiger partial charge in [0.2, 0.25) is 0 Å². The number of nitrogens with zero attached hydrogens (tertiary/aromatic N) is 1. The normalized spacial score (nSPS) is 13.9. The number of likely N-dealkylation sites (N-methyl/N-ethyl adjacent to an activating group) is 1. The summed E-state index contributed by atoms with van der Waals surface area (Å²) >= 11 is 0. The van der Waals surface area contributed by atoms with Gasteiger partial charge in [0.15, 0.2) is 6.10 Å². The van der Waals surface area contributed by atoms with Crippen LogP contribution in [0, 0.1) is 0 Å². The molecule has 0 aromatic carbocycles. The van der Waals surface area contributed by atoms with E-state index in [9.17, 15) is 19.0 Å². The second kappa shape index (κ2) is 44.9. The van der Waals surface area contributed by atoms with Crippen molar-refractivity contribution in [3.8, 4) is 0 Å². The lowest BCUT2D eigenvalue weighted by Crippen LogP contribution is -2.37. The Balaban J connectivity index is 4.32. The van der Waals surface area contributed by atoms with E-state index < -0.39 is 26.5 Å². The fraction of sp³-hybridized carbons (Fsp3) is 0.774. The third-order valence-corrected chi connectivity index (χ3v) is 11.8. The SMILES string of the molecule is CCCCCC/C=C\C/C=C\CCCCCCCCCC(=O)OCC(COP(=O)(O)OCC[N+](C)(C)C)OC(=O)CCCCCCCC/C=C\C/C=C\C/C=C\CCCCCCC. The van der Waals surface area contributed by atoms with Crippen molar-refractivity contribution < 1.29 is 42.1 Å². The van der Waals surface area contributed by atoms with Crippen molar-refractivity contribution in [2.24, 2.45) is 0 Å². The van der Waals surface area contributed by atoms with Crippen molar-refractivity contribution in [2.75, 3.05) is 47.5 Å². The maximum absolute atomic E-state index is 12.8. The summed E-state index contributed by atoms with van der Waals surface area (Å²) < 4.78 is 34.4. The highest BCUT2D eigenvalue weighted by Crippen LogP contribution is 2.43. The fourth-order valence-corrected chi connectivity index (χ4v) is 7.50. The Bertz CT molecular complexity index is 1250. The Hall–Kier alpha value is -2.29. The zero-order valence-corrected chi connectivity index (χ0v) is 42.2. The molecular weight excluding hydrogens is 810 g/mol. The zero-order valence-electron chi connectivity index (χ0n) is 41.3. The van der Waals surface area contributed by atoms with Crippen molar-refractivity contribution in [2.45, 2.75) is 219 Å². The number of hydrogen-bond donors (Lipinski definition) is 1. The average molecular weight is 907 g/mol. The van der Waals surface area contributed by atoms with Crippen molar-refractivity contribution >= 4 is 19.8 Å². The molecule has 0 saturated heterocycles. The molecule has 0 aliphatic heterocycles. The van der Waals surface area contributed by atoms with Crippen molar-refractivity contribution in [3.63, 3.8) is 0 Å². The zero-order chi connectivity index (χ0) is 46.4. The summed E-state index contributed by atoms with van der Waals surface area (Å²) in [5, 5.41) is 0. The van der Waals surface area contributed by atoms with Gasteiger partial charge in [0.05, 0.1) is 27.7 Å². The number of esters is 2. The number of unbranched alkanes of at least 4 members (excludes halogenated alkanes) is 22. The number of carbonyl (C=O) groups excluding carboxylic acids is 2. The summed E-state index contributed by atoms with van der Waals surface area (Å²) in [6.07, 6.45) is 55.5. The Morgan fingerprint density at radius 1 is 0.492 bits per heavy atom. The Morgan fingerprint density at radius 2 is 0.857 bits per heavy atom. The first-order valence-electron chi connectivity index (χ1n) is 25.5. The van der Waals surface area contributed by atoms with Crippen LogP contribution in [0.3, 0.4) is 0 Å². The Labute approximate surface area is 387 Å². The van der Waals surface area contributed by atoms with Gasteiger partial charge in [-0.3, -0.25) is 18.6 Å². The van der Waals surface area contributed by atoms with E-state index in [0.29, 0.717) is 17.4 Å². The Kier molecular flexibility index (Phi) is 43.3. The van der Waals surface area contributed by atoms with E-state index >= 15 is 0 Å². The van der Waals surface area contributed by atoms with Crippen LogP contribution in [0.2, 0.25) is 0 Å². The molecule has 1 N–H and O–H groups in total. The second-order valence-electron chi connectivity index (χ2n) is 18.2. The van der Waals surface area contributed by atoms with Crippen LogP contribution < -0.4 is 0 Å². The molecule has 0 bridgehead atoms. The molecule has 9 nitrogen and oxygen atoms in total. The number of carbonyl (C=O) groups is 2. The standard InChI is InChI=1S/C53H96NO8P/c1-6-8-10-12-14-16-18-20-22-24-26-27-28-30-32-34-36-38-40-42-44-46-53(56)62-51(50-61-63(57,58)60-48-47-54(3,4)5)49-59-52(55)45-43-41-39-37-35-33-31-29-25-23-21-19-17-15-13-11-9-7-2/h17-20,23-26,28,30,51H,6-16,21-22,27,29,31-50H2,1-5H3/p+1/b19-17-,20-18-,25-23-,26-24-,30-28-. The topological polar surface area (TPSA) is 108 Å².